The quantitative estimate of drug-likeness (QED) is 0.604. The van der Waals surface area contributed by atoms with Crippen LogP contribution in [-0.2, 0) is 10.0 Å². The minimum absolute atomic E-state index is 0.0429. The van der Waals surface area contributed by atoms with Crippen molar-refractivity contribution in [3.63, 3.8) is 0 Å². The van der Waals surface area contributed by atoms with Gasteiger partial charge in [0.2, 0.25) is 10.0 Å². The lowest BCUT2D eigenvalue weighted by molar-refractivity contribution is 0.415. The summed E-state index contributed by atoms with van der Waals surface area (Å²) in [6, 6.07) is 15.2. The number of sulfonamides is 1. The molecule has 2 aromatic carbocycles. The van der Waals surface area contributed by atoms with Gasteiger partial charge < -0.3 is 15.0 Å². The summed E-state index contributed by atoms with van der Waals surface area (Å²) in [6.07, 6.45) is 1.75. The first kappa shape index (κ1) is 24.3. The van der Waals surface area contributed by atoms with Crippen LogP contribution >= 0.6 is 0 Å². The van der Waals surface area contributed by atoms with E-state index in [0.29, 0.717) is 5.69 Å². The van der Waals surface area contributed by atoms with E-state index in [4.69, 9.17) is 4.74 Å². The first-order valence-electron chi connectivity index (χ1n) is 9.47. The van der Waals surface area contributed by atoms with Gasteiger partial charge in [-0.3, -0.25) is 4.72 Å². The van der Waals surface area contributed by atoms with Crippen LogP contribution in [-0.4, -0.2) is 32.9 Å². The van der Waals surface area contributed by atoms with Crippen LogP contribution in [0.3, 0.4) is 0 Å². The average molecular weight is 418 g/mol. The van der Waals surface area contributed by atoms with Gasteiger partial charge in [-0.15, -0.1) is 0 Å². The topological polar surface area (TPSA) is 86.3 Å². The summed E-state index contributed by atoms with van der Waals surface area (Å²) in [5, 5.41) is 1.08. The van der Waals surface area contributed by atoms with E-state index in [0.717, 1.165) is 27.9 Å². The van der Waals surface area contributed by atoms with Gasteiger partial charge in [0, 0.05) is 23.3 Å². The second-order valence-electron chi connectivity index (χ2n) is 5.59. The Morgan fingerprint density at radius 1 is 1.10 bits per heavy atom. The lowest BCUT2D eigenvalue weighted by atomic mass is 10.1. The predicted molar refractivity (Wildman–Crippen MR) is 125 cm³/mol. The standard InChI is InChI=1S/C19H20N2O3S.C2H6.CH5N/c1-4-21-18(12-15-8-11-17(24-3)13-19(15)21)14-6-9-16(10-7-14)20-25(22,23)5-2;2*1-2/h4,6-13,20H,1,5H2,2-3H3;1-2H3;2H2,1H3. The van der Waals surface area contributed by atoms with Crippen LogP contribution in [0.25, 0.3) is 28.4 Å². The molecular formula is C22H31N3O3S. The molecule has 0 unspecified atom stereocenters. The second-order valence-corrected chi connectivity index (χ2v) is 7.60. The fourth-order valence-electron chi connectivity index (χ4n) is 2.71. The number of hydrogen-bond donors (Lipinski definition) is 2. The van der Waals surface area contributed by atoms with Crippen molar-refractivity contribution in [2.45, 2.75) is 20.8 Å². The van der Waals surface area contributed by atoms with Crippen molar-refractivity contribution in [2.75, 3.05) is 24.6 Å². The highest BCUT2D eigenvalue weighted by atomic mass is 32.2. The minimum Gasteiger partial charge on any atom is -0.497 e. The molecule has 7 heteroatoms. The predicted octanol–water partition coefficient (Wildman–Crippen LogP) is 4.78. The Kier molecular flexibility index (Phi) is 9.44. The van der Waals surface area contributed by atoms with E-state index < -0.39 is 10.0 Å². The number of nitrogens with two attached hydrogens (primary N) is 1. The van der Waals surface area contributed by atoms with Crippen molar-refractivity contribution < 1.29 is 13.2 Å². The number of nitrogens with zero attached hydrogens (tertiary/aromatic N) is 1. The molecule has 6 nitrogen and oxygen atoms in total. The summed E-state index contributed by atoms with van der Waals surface area (Å²) in [7, 11) is -0.138. The number of benzene rings is 2. The van der Waals surface area contributed by atoms with Gasteiger partial charge in [-0.05, 0) is 49.9 Å². The van der Waals surface area contributed by atoms with E-state index >= 15 is 0 Å². The molecule has 29 heavy (non-hydrogen) atoms. The van der Waals surface area contributed by atoms with Crippen LogP contribution in [0, 0.1) is 0 Å². The van der Waals surface area contributed by atoms with Crippen LogP contribution in [0.4, 0.5) is 5.69 Å². The van der Waals surface area contributed by atoms with Crippen LogP contribution < -0.4 is 15.2 Å². The first-order chi connectivity index (χ1) is 14.0. The first-order valence-corrected chi connectivity index (χ1v) is 11.1. The Labute approximate surface area is 174 Å². The maximum absolute atomic E-state index is 11.7. The van der Waals surface area contributed by atoms with Crippen LogP contribution in [0.5, 0.6) is 5.75 Å². The molecule has 0 fully saturated rings. The number of rotatable bonds is 6. The Morgan fingerprint density at radius 2 is 1.72 bits per heavy atom. The van der Waals surface area contributed by atoms with Gasteiger partial charge in [0.1, 0.15) is 5.75 Å². The molecule has 3 N–H and O–H groups in total. The van der Waals surface area contributed by atoms with Gasteiger partial charge in [0.05, 0.1) is 24.1 Å². The van der Waals surface area contributed by atoms with Crippen molar-refractivity contribution >= 4 is 32.8 Å². The summed E-state index contributed by atoms with van der Waals surface area (Å²) in [5.41, 5.74) is 7.99. The monoisotopic (exact) mass is 417 g/mol. The minimum atomic E-state index is -3.28. The average Bonchev–Trinajstić information content (AvgIpc) is 3.14. The highest BCUT2D eigenvalue weighted by molar-refractivity contribution is 7.92. The Morgan fingerprint density at radius 3 is 2.24 bits per heavy atom. The van der Waals surface area contributed by atoms with Crippen molar-refractivity contribution in [3.05, 3.63) is 55.1 Å². The maximum atomic E-state index is 11.7. The third-order valence-corrected chi connectivity index (χ3v) is 5.37. The molecule has 0 aliphatic heterocycles. The largest absolute Gasteiger partial charge is 0.497 e. The van der Waals surface area contributed by atoms with Gasteiger partial charge in [-0.2, -0.15) is 0 Å². The van der Waals surface area contributed by atoms with Gasteiger partial charge in [-0.25, -0.2) is 8.42 Å². The maximum Gasteiger partial charge on any atom is 0.232 e. The summed E-state index contributed by atoms with van der Waals surface area (Å²) >= 11 is 0. The lowest BCUT2D eigenvalue weighted by Gasteiger charge is -2.09. The fourth-order valence-corrected chi connectivity index (χ4v) is 3.35. The zero-order chi connectivity index (χ0) is 22.0. The Hall–Kier alpha value is -2.77. The Balaban J connectivity index is 0.000000989. The molecule has 0 aliphatic rings. The molecule has 1 heterocycles. The van der Waals surface area contributed by atoms with Gasteiger partial charge in [0.15, 0.2) is 0 Å². The summed E-state index contributed by atoms with van der Waals surface area (Å²) in [6.45, 7) is 9.51. The molecule has 3 aromatic rings. The van der Waals surface area contributed by atoms with Crippen LogP contribution in [0.1, 0.15) is 20.8 Å². The van der Waals surface area contributed by atoms with Gasteiger partial charge in [0.25, 0.3) is 0 Å². The summed E-state index contributed by atoms with van der Waals surface area (Å²) in [4.78, 5) is 0. The van der Waals surface area contributed by atoms with Crippen LogP contribution in [0.15, 0.2) is 55.1 Å². The van der Waals surface area contributed by atoms with E-state index in [2.05, 4.69) is 23.1 Å². The van der Waals surface area contributed by atoms with Crippen molar-refractivity contribution in [1.82, 2.24) is 4.57 Å². The van der Waals surface area contributed by atoms with E-state index in [1.807, 2.05) is 48.7 Å². The van der Waals surface area contributed by atoms with E-state index in [1.54, 1.807) is 32.4 Å². The molecule has 0 atom stereocenters. The third kappa shape index (κ3) is 5.85. The van der Waals surface area contributed by atoms with E-state index in [1.165, 1.54) is 7.05 Å². The van der Waals surface area contributed by atoms with Crippen molar-refractivity contribution in [3.8, 4) is 17.0 Å². The highest BCUT2D eigenvalue weighted by Gasteiger charge is 2.11. The zero-order valence-electron chi connectivity index (χ0n) is 17.8. The Bertz CT molecular complexity index is 1020. The number of methoxy groups -OCH3 is 1. The van der Waals surface area contributed by atoms with Gasteiger partial charge >= 0.3 is 0 Å². The molecule has 1 aromatic heterocycles. The number of anilines is 1. The highest BCUT2D eigenvalue weighted by Crippen LogP contribution is 2.31. The molecule has 0 radical (unpaired) electrons. The third-order valence-electron chi connectivity index (χ3n) is 4.07. The molecule has 0 saturated heterocycles. The van der Waals surface area contributed by atoms with Gasteiger partial charge in [-0.1, -0.05) is 32.6 Å². The summed E-state index contributed by atoms with van der Waals surface area (Å²) < 4.78 is 33.2. The molecule has 0 saturated carbocycles. The fraction of sp³-hybridized carbons (Fsp3) is 0.273. The summed E-state index contributed by atoms with van der Waals surface area (Å²) in [5.74, 6) is 0.825. The number of nitrogens with one attached hydrogen (secondary N) is 1. The number of fused-ring (bicyclic) bond motifs is 1. The second kappa shape index (κ2) is 11.3. The molecule has 0 bridgehead atoms. The smallest absolute Gasteiger partial charge is 0.232 e. The molecular weight excluding hydrogens is 386 g/mol. The number of ether oxygens (including phenoxy) is 1. The molecule has 158 valence electrons. The molecule has 0 amide bonds. The lowest BCUT2D eigenvalue weighted by Crippen LogP contribution is -2.14. The molecule has 3 rings (SSSR count). The van der Waals surface area contributed by atoms with Crippen molar-refractivity contribution in [2.24, 2.45) is 5.73 Å². The van der Waals surface area contributed by atoms with E-state index in [-0.39, 0.29) is 5.75 Å². The molecule has 0 aliphatic carbocycles. The number of hydrogen-bond acceptors (Lipinski definition) is 4. The normalized spacial score (nSPS) is 10.3. The van der Waals surface area contributed by atoms with Crippen LogP contribution in [0.2, 0.25) is 0 Å². The zero-order valence-corrected chi connectivity index (χ0v) is 18.6. The molecule has 0 spiro atoms. The number of aromatic nitrogens is 1. The SMILES string of the molecule is C=Cn1c(-c2ccc(NS(=O)(=O)CC)cc2)cc2ccc(OC)cc21.CC.CN. The van der Waals surface area contributed by atoms with E-state index in [9.17, 15) is 8.42 Å². The van der Waals surface area contributed by atoms with Crippen molar-refractivity contribution in [1.29, 1.82) is 0 Å².